The molecule has 218 valence electrons. The zero-order valence-electron chi connectivity index (χ0n) is 24.0. The Morgan fingerprint density at radius 2 is 1.69 bits per heavy atom. The molecule has 9 heteroatoms. The average Bonchev–Trinajstić information content (AvgIpc) is 3.35. The molecule has 3 amide bonds. The lowest BCUT2D eigenvalue weighted by Crippen LogP contribution is -2.42. The van der Waals surface area contributed by atoms with Gasteiger partial charge in [-0.15, -0.1) is 0 Å². The van der Waals surface area contributed by atoms with E-state index < -0.39 is 0 Å². The summed E-state index contributed by atoms with van der Waals surface area (Å²) in [5.41, 5.74) is 17.7. The molecular weight excluding hydrogens is 528 g/mol. The Bertz CT molecular complexity index is 1560. The van der Waals surface area contributed by atoms with E-state index in [1.807, 2.05) is 53.4 Å². The van der Waals surface area contributed by atoms with E-state index >= 15 is 0 Å². The molecule has 0 bridgehead atoms. The second kappa shape index (κ2) is 13.0. The number of amides is 3. The fourth-order valence-electron chi connectivity index (χ4n) is 5.79. The number of carbonyl (C=O) groups is 3. The standard InChI is InChI=1S/C33H38N6O3/c1-22(40)36-28-14-12-25(13-15-28)24-10-8-23(9-11-24)19-27(34)20-32(42)38-17-4-5-26(21-38)33-37-29-6-2-3-7-30(29)39(33)18-16-31(35)41/h2-3,6-15,26-27H,4-5,16-21,34H2,1H3,(H2,35,41)(H,36,40)/t26-,27-/m1/s1. The fraction of sp³-hybridized carbons (Fsp3) is 0.333. The maximum absolute atomic E-state index is 13.3. The molecule has 2 heterocycles. The van der Waals surface area contributed by atoms with Crippen molar-refractivity contribution in [2.75, 3.05) is 18.4 Å². The molecule has 0 spiro atoms. The van der Waals surface area contributed by atoms with Crippen molar-refractivity contribution in [2.24, 2.45) is 11.5 Å². The maximum Gasteiger partial charge on any atom is 0.224 e. The van der Waals surface area contributed by atoms with E-state index in [0.29, 0.717) is 26.1 Å². The third-order valence-electron chi connectivity index (χ3n) is 7.83. The number of hydrogen-bond donors (Lipinski definition) is 3. The van der Waals surface area contributed by atoms with Gasteiger partial charge in [0.2, 0.25) is 17.7 Å². The molecule has 0 radical (unpaired) electrons. The topological polar surface area (TPSA) is 136 Å². The van der Waals surface area contributed by atoms with E-state index in [4.69, 9.17) is 16.5 Å². The van der Waals surface area contributed by atoms with Crippen LogP contribution >= 0.6 is 0 Å². The lowest BCUT2D eigenvalue weighted by molar-refractivity contribution is -0.132. The highest BCUT2D eigenvalue weighted by Crippen LogP contribution is 2.30. The molecule has 3 aromatic carbocycles. The van der Waals surface area contributed by atoms with E-state index in [9.17, 15) is 14.4 Å². The number of nitrogens with zero attached hydrogens (tertiary/aromatic N) is 3. The summed E-state index contributed by atoms with van der Waals surface area (Å²) in [5.74, 6) is 0.603. The molecule has 1 saturated heterocycles. The van der Waals surface area contributed by atoms with E-state index in [2.05, 4.69) is 34.1 Å². The van der Waals surface area contributed by atoms with Crippen LogP contribution in [0.1, 0.15) is 49.9 Å². The van der Waals surface area contributed by atoms with Crippen LogP contribution in [0.25, 0.3) is 22.2 Å². The monoisotopic (exact) mass is 566 g/mol. The third kappa shape index (κ3) is 7.03. The molecule has 5 rings (SSSR count). The first-order valence-electron chi connectivity index (χ1n) is 14.5. The van der Waals surface area contributed by atoms with Crippen LogP contribution in [0.15, 0.2) is 72.8 Å². The van der Waals surface area contributed by atoms with Gasteiger partial charge in [0, 0.05) is 57.0 Å². The number of para-hydroxylation sites is 2. The quantitative estimate of drug-likeness (QED) is 0.264. The van der Waals surface area contributed by atoms with Gasteiger partial charge in [-0.3, -0.25) is 14.4 Å². The first kappa shape index (κ1) is 29.0. The normalized spacial score (nSPS) is 15.9. The second-order valence-corrected chi connectivity index (χ2v) is 11.1. The molecule has 1 aliphatic heterocycles. The minimum atomic E-state index is -0.347. The molecule has 0 unspecified atom stereocenters. The van der Waals surface area contributed by atoms with Crippen LogP contribution < -0.4 is 16.8 Å². The minimum Gasteiger partial charge on any atom is -0.370 e. The lowest BCUT2D eigenvalue weighted by Gasteiger charge is -2.33. The first-order valence-corrected chi connectivity index (χ1v) is 14.5. The molecule has 1 aliphatic rings. The Hall–Kier alpha value is -4.50. The van der Waals surface area contributed by atoms with Crippen LogP contribution in [0.3, 0.4) is 0 Å². The van der Waals surface area contributed by atoms with Gasteiger partial charge in [-0.2, -0.15) is 0 Å². The number of benzene rings is 3. The van der Waals surface area contributed by atoms with Crippen molar-refractivity contribution >= 4 is 34.4 Å². The number of piperidine rings is 1. The van der Waals surface area contributed by atoms with Gasteiger partial charge < -0.3 is 26.3 Å². The highest BCUT2D eigenvalue weighted by atomic mass is 16.2. The lowest BCUT2D eigenvalue weighted by atomic mass is 9.95. The van der Waals surface area contributed by atoms with E-state index in [-0.39, 0.29) is 42.5 Å². The van der Waals surface area contributed by atoms with Crippen LogP contribution in [0.2, 0.25) is 0 Å². The predicted octanol–water partition coefficient (Wildman–Crippen LogP) is 4.20. The number of imidazole rings is 1. The van der Waals surface area contributed by atoms with Crippen molar-refractivity contribution in [3.8, 4) is 11.1 Å². The summed E-state index contributed by atoms with van der Waals surface area (Å²) in [6.45, 7) is 3.25. The predicted molar refractivity (Wildman–Crippen MR) is 165 cm³/mol. The molecule has 42 heavy (non-hydrogen) atoms. The van der Waals surface area contributed by atoms with Crippen LogP contribution in [-0.4, -0.2) is 51.3 Å². The summed E-state index contributed by atoms with van der Waals surface area (Å²) < 4.78 is 2.09. The number of nitrogens with one attached hydrogen (secondary N) is 1. The number of fused-ring (bicyclic) bond motifs is 1. The van der Waals surface area contributed by atoms with Crippen LogP contribution in [-0.2, 0) is 27.3 Å². The number of primary amides is 1. The number of hydrogen-bond acceptors (Lipinski definition) is 5. The zero-order valence-corrected chi connectivity index (χ0v) is 24.0. The van der Waals surface area contributed by atoms with E-state index in [1.54, 1.807) is 0 Å². The molecular formula is C33H38N6O3. The smallest absolute Gasteiger partial charge is 0.224 e. The van der Waals surface area contributed by atoms with Gasteiger partial charge in [0.05, 0.1) is 11.0 Å². The van der Waals surface area contributed by atoms with Crippen molar-refractivity contribution in [3.05, 3.63) is 84.2 Å². The Balaban J connectivity index is 1.19. The number of rotatable bonds is 10. The number of aryl methyl sites for hydroxylation is 1. The minimum absolute atomic E-state index is 0.0582. The van der Waals surface area contributed by atoms with Gasteiger partial charge in [0.15, 0.2) is 0 Å². The van der Waals surface area contributed by atoms with Crippen LogP contribution in [0.4, 0.5) is 5.69 Å². The van der Waals surface area contributed by atoms with Crippen LogP contribution in [0.5, 0.6) is 0 Å². The van der Waals surface area contributed by atoms with E-state index in [1.165, 1.54) is 6.92 Å². The van der Waals surface area contributed by atoms with Gasteiger partial charge in [0.25, 0.3) is 0 Å². The van der Waals surface area contributed by atoms with Crippen molar-refractivity contribution in [3.63, 3.8) is 0 Å². The number of aromatic nitrogens is 2. The van der Waals surface area contributed by atoms with E-state index in [0.717, 1.165) is 52.1 Å². The summed E-state index contributed by atoms with van der Waals surface area (Å²) in [6, 6.07) is 23.5. The Kier molecular flexibility index (Phi) is 8.97. The van der Waals surface area contributed by atoms with Crippen LogP contribution in [0, 0.1) is 0 Å². The highest BCUT2D eigenvalue weighted by Gasteiger charge is 2.29. The number of nitrogens with two attached hydrogens (primary N) is 2. The summed E-state index contributed by atoms with van der Waals surface area (Å²) in [7, 11) is 0. The van der Waals surface area contributed by atoms with Crippen molar-refractivity contribution in [1.29, 1.82) is 0 Å². The van der Waals surface area contributed by atoms with Gasteiger partial charge >= 0.3 is 0 Å². The highest BCUT2D eigenvalue weighted by molar-refractivity contribution is 5.89. The Morgan fingerprint density at radius 1 is 1.00 bits per heavy atom. The van der Waals surface area contributed by atoms with Gasteiger partial charge in [-0.05, 0) is 60.2 Å². The fourth-order valence-corrected chi connectivity index (χ4v) is 5.79. The molecule has 0 aliphatic carbocycles. The summed E-state index contributed by atoms with van der Waals surface area (Å²) in [6.07, 6.45) is 2.93. The molecule has 0 saturated carbocycles. The largest absolute Gasteiger partial charge is 0.370 e. The Labute approximate surface area is 245 Å². The average molecular weight is 567 g/mol. The van der Waals surface area contributed by atoms with Gasteiger partial charge in [0.1, 0.15) is 5.82 Å². The third-order valence-corrected chi connectivity index (χ3v) is 7.83. The number of carbonyl (C=O) groups excluding carboxylic acids is 3. The molecule has 1 fully saturated rings. The van der Waals surface area contributed by atoms with Gasteiger partial charge in [-0.25, -0.2) is 4.98 Å². The maximum atomic E-state index is 13.3. The van der Waals surface area contributed by atoms with Crippen molar-refractivity contribution in [1.82, 2.24) is 14.5 Å². The Morgan fingerprint density at radius 3 is 2.38 bits per heavy atom. The zero-order chi connectivity index (χ0) is 29.6. The summed E-state index contributed by atoms with van der Waals surface area (Å²) in [4.78, 5) is 42.9. The molecule has 1 aromatic heterocycles. The van der Waals surface area contributed by atoms with Crippen molar-refractivity contribution in [2.45, 2.75) is 57.5 Å². The summed E-state index contributed by atoms with van der Waals surface area (Å²) in [5, 5.41) is 2.78. The summed E-state index contributed by atoms with van der Waals surface area (Å²) >= 11 is 0. The molecule has 5 N–H and O–H groups in total. The first-order chi connectivity index (χ1) is 20.3. The number of anilines is 1. The molecule has 2 atom stereocenters. The van der Waals surface area contributed by atoms with Crippen molar-refractivity contribution < 1.29 is 14.4 Å². The number of likely N-dealkylation sites (tertiary alicyclic amines) is 1. The molecule has 4 aromatic rings. The van der Waals surface area contributed by atoms with Gasteiger partial charge in [-0.1, -0.05) is 48.5 Å². The SMILES string of the molecule is CC(=O)Nc1ccc(-c2ccc(C[C@@H](N)CC(=O)N3CCC[C@@H](c4nc5ccccc5n4CCC(N)=O)C3)cc2)cc1. The molecule has 9 nitrogen and oxygen atoms in total. The second-order valence-electron chi connectivity index (χ2n) is 11.1.